The van der Waals surface area contributed by atoms with Crippen molar-refractivity contribution in [3.05, 3.63) is 314 Å². The second-order valence-electron chi connectivity index (χ2n) is 34.4. The minimum Gasteiger partial charge on any atom is -0.502 e. The van der Waals surface area contributed by atoms with Crippen LogP contribution in [0.5, 0.6) is 0 Å². The largest absolute Gasteiger partial charge is 0.502 e. The van der Waals surface area contributed by atoms with Crippen molar-refractivity contribution < 1.29 is 95.7 Å². The van der Waals surface area contributed by atoms with Crippen LogP contribution in [0.25, 0.3) is 28.2 Å². The number of carbonyl (C=O) groups excluding carboxylic acids is 9. The number of hydrogen-bond donors (Lipinski definition) is 0. The summed E-state index contributed by atoms with van der Waals surface area (Å²) in [7, 11) is 16.4. The van der Waals surface area contributed by atoms with E-state index in [1.807, 2.05) is 108 Å². The minimum atomic E-state index is -0.594. The predicted octanol–water partition coefficient (Wildman–Crippen LogP) is 27.3. The number of hydroxylamine groups is 8. The molecule has 24 nitrogen and oxygen atoms in total. The molecule has 0 N–H and O–H groups in total. The van der Waals surface area contributed by atoms with E-state index in [0.29, 0.717) is 162 Å². The first-order chi connectivity index (χ1) is 67.4. The highest BCUT2D eigenvalue weighted by atomic mass is 35.5. The predicted molar refractivity (Wildman–Crippen MR) is 572 cm³/mol. The number of benzene rings is 8. The Labute approximate surface area is 881 Å². The molecule has 2 heterocycles. The zero-order chi connectivity index (χ0) is 107. The highest BCUT2D eigenvalue weighted by molar-refractivity contribution is 6.36. The van der Waals surface area contributed by atoms with Crippen molar-refractivity contribution in [2.24, 2.45) is 0 Å². The Hall–Kier alpha value is -10.2. The van der Waals surface area contributed by atoms with Gasteiger partial charge in [0.1, 0.15) is 23.6 Å². The monoisotopic (exact) mass is 2120 g/mol. The third kappa shape index (κ3) is 33.4. The Morgan fingerprint density at radius 3 is 0.797 bits per heavy atom. The number of aldehydes is 1. The Morgan fingerprint density at radius 2 is 0.552 bits per heavy atom. The molecular formula is C111H130Cl8N4O20. The summed E-state index contributed by atoms with van der Waals surface area (Å²) in [5.74, 6) is -1.15. The molecule has 2 fully saturated rings. The van der Waals surface area contributed by atoms with Crippen molar-refractivity contribution in [1.29, 1.82) is 0 Å². The van der Waals surface area contributed by atoms with Crippen LogP contribution in [0, 0.1) is 55.4 Å². The molecule has 2 saturated heterocycles. The first-order valence-corrected chi connectivity index (χ1v) is 49.0. The van der Waals surface area contributed by atoms with Gasteiger partial charge in [-0.2, -0.15) is 0 Å². The minimum absolute atomic E-state index is 0.0708. The highest BCUT2D eigenvalue weighted by Gasteiger charge is 2.33. The molecule has 143 heavy (non-hydrogen) atoms. The van der Waals surface area contributed by atoms with Gasteiger partial charge >= 0.3 is 0 Å². The van der Waals surface area contributed by atoms with Crippen molar-refractivity contribution in [2.75, 3.05) is 104 Å². The summed E-state index contributed by atoms with van der Waals surface area (Å²) in [5, 5.41) is 8.00. The Kier molecular flexibility index (Phi) is 48.5. The molecule has 2 aliphatic rings. The Morgan fingerprint density at radius 1 is 0.329 bits per heavy atom. The van der Waals surface area contributed by atoms with Crippen molar-refractivity contribution in [1.82, 2.24) is 20.3 Å². The molecule has 0 saturated carbocycles. The van der Waals surface area contributed by atoms with Crippen LogP contribution in [0.1, 0.15) is 279 Å². The zero-order valence-corrected chi connectivity index (χ0v) is 92.0. The number of methoxy groups -OCH3 is 3. The standard InChI is InChI=1S/C29H36Cl2N2O6.C28H32Cl2O3.C25H26Cl2O3.C21H22Cl2N2O5.C8H14O3/c1-18-23(27(34)32(4)36-6)14-20(16-25(18)30)22(10-8-9-11-29(3)38-12-13-39-29)21-15-24(19(2)26(31)17-21)28(35)33(5)37-7;1-17(31-6)11-9-10-12-24(22-13-25(20(4)32-7)18(2)27(29)15-22)23-14-26(21(5)33-8)19(3)28(30)16-23;1-14(28)8-6-7-9-21(19-10-22(17(4)29)15(2)24(26)12-19)20-11-23(18(5)30)16(3)25(27)13-20;1-11-15(20(27)24(3)29-5)7-13(9-17(11)22)19(26)14-8-16(12(2)18(23)10-14)21(28)25(4)30-6;1-8(4-2-3-5-9)10-6-7-11-8/h10,14-17H,8-9,11-13H2,1-7H3;12-16H,1,4-5,9-11H2,2-3,6-8H3;9-13H,6-8H2,1-5H3;7-10H,1-6H3;5H,2-4,6-7H2,1H3. The second-order valence-corrected chi connectivity index (χ2v) is 37.6. The van der Waals surface area contributed by atoms with Crippen molar-refractivity contribution >= 4 is 174 Å². The number of unbranched alkanes of at least 4 members (excludes halogenated alkanes) is 4. The van der Waals surface area contributed by atoms with E-state index in [4.69, 9.17) is 145 Å². The van der Waals surface area contributed by atoms with Gasteiger partial charge < -0.3 is 42.7 Å². The van der Waals surface area contributed by atoms with Crippen LogP contribution in [-0.2, 0) is 62.1 Å². The molecule has 8 aromatic rings. The van der Waals surface area contributed by atoms with Gasteiger partial charge in [-0.25, -0.2) is 20.3 Å². The number of halogens is 8. The summed E-state index contributed by atoms with van der Waals surface area (Å²) >= 11 is 51.9. The van der Waals surface area contributed by atoms with Crippen molar-refractivity contribution in [3.8, 4) is 0 Å². The first-order valence-electron chi connectivity index (χ1n) is 45.9. The molecule has 0 radical (unpaired) electrons. The van der Waals surface area contributed by atoms with E-state index in [1.54, 1.807) is 68.1 Å². The molecular weight excluding hydrogens is 1990 g/mol. The SMILES string of the molecule is C=C(CCCC=C(c1cc(Cl)c(C)c(C(=C)OC)c1)c1cc(Cl)c(C)c(C(=C)OC)c1)OC.CC(=O)CCCC=C(c1cc(Cl)c(C)c(C(C)=O)c1)c1cc(Cl)c(C)c(C(C)=O)c1.CC1(CCCC=O)OCCO1.CON(C)C(=O)c1cc(C(=CCCCC2(C)OCCO2)c2cc(Cl)c(C)c(C(=O)N(C)OC)c2)cc(Cl)c1C.CON(C)C(=O)c1cc(C(=O)c2cc(Cl)c(C)c(C(=O)N(C)OC)c2)cc(Cl)c1C. The number of ether oxygens (including phenoxy) is 7. The Bertz CT molecular complexity index is 5840. The van der Waals surface area contributed by atoms with E-state index in [9.17, 15) is 43.2 Å². The molecule has 8 aromatic carbocycles. The Balaban J connectivity index is 0.000000282. The number of amides is 4. The van der Waals surface area contributed by atoms with Gasteiger partial charge in [-0.05, 0) is 327 Å². The molecule has 4 amide bonds. The molecule has 32 heteroatoms. The molecule has 10 rings (SSSR count). The number of carbonyl (C=O) groups is 9. The maximum absolute atomic E-state index is 13.2. The summed E-state index contributed by atoms with van der Waals surface area (Å²) in [6.07, 6.45) is 16.0. The van der Waals surface area contributed by atoms with Gasteiger partial charge in [0.05, 0.1) is 82.0 Å². The quantitative estimate of drug-likeness (QED) is 0.0114. The lowest BCUT2D eigenvalue weighted by molar-refractivity contribution is -0.148. The van der Waals surface area contributed by atoms with Gasteiger partial charge in [0.2, 0.25) is 0 Å². The lowest BCUT2D eigenvalue weighted by Gasteiger charge is -2.22. The fourth-order valence-electron chi connectivity index (χ4n) is 15.3. The summed E-state index contributed by atoms with van der Waals surface area (Å²) in [6.45, 7) is 37.4. The van der Waals surface area contributed by atoms with Crippen molar-refractivity contribution in [3.63, 3.8) is 0 Å². The summed E-state index contributed by atoms with van der Waals surface area (Å²) < 4.78 is 38.2. The van der Waals surface area contributed by atoms with E-state index in [-0.39, 0.29) is 61.5 Å². The van der Waals surface area contributed by atoms with Crippen LogP contribution in [0.3, 0.4) is 0 Å². The van der Waals surface area contributed by atoms with Crippen LogP contribution in [0.2, 0.25) is 40.2 Å². The van der Waals surface area contributed by atoms with Gasteiger partial charge in [-0.15, -0.1) is 0 Å². The molecule has 2 aliphatic heterocycles. The second kappa shape index (κ2) is 57.1. The van der Waals surface area contributed by atoms with E-state index >= 15 is 0 Å². The fraction of sp³-hybridized carbons (Fsp3) is 0.378. The fourth-order valence-corrected chi connectivity index (χ4v) is 17.0. The van der Waals surface area contributed by atoms with Crippen LogP contribution < -0.4 is 0 Å². The maximum Gasteiger partial charge on any atom is 0.277 e. The molecule has 770 valence electrons. The third-order valence-electron chi connectivity index (χ3n) is 24.5. The summed E-state index contributed by atoms with van der Waals surface area (Å²) in [5.41, 5.74) is 17.5. The van der Waals surface area contributed by atoms with Crippen LogP contribution in [0.4, 0.5) is 0 Å². The number of rotatable bonds is 39. The van der Waals surface area contributed by atoms with Crippen LogP contribution >= 0.6 is 92.8 Å². The number of ketones is 4. The molecule has 0 spiro atoms. The lowest BCUT2D eigenvalue weighted by atomic mass is 9.90. The van der Waals surface area contributed by atoms with Gasteiger partial charge in [-0.3, -0.25) is 52.9 Å². The third-order valence-corrected chi connectivity index (χ3v) is 27.6. The van der Waals surface area contributed by atoms with E-state index < -0.39 is 29.2 Å². The van der Waals surface area contributed by atoms with Gasteiger partial charge in [-0.1, -0.05) is 131 Å². The van der Waals surface area contributed by atoms with E-state index in [0.717, 1.165) is 143 Å². The molecule has 0 bridgehead atoms. The van der Waals surface area contributed by atoms with Gasteiger partial charge in [0.15, 0.2) is 28.9 Å². The van der Waals surface area contributed by atoms with Crippen LogP contribution in [0.15, 0.2) is 141 Å². The van der Waals surface area contributed by atoms with E-state index in [1.165, 1.54) is 94.7 Å². The zero-order valence-electron chi connectivity index (χ0n) is 86.0. The normalized spacial score (nSPS) is 12.4. The highest BCUT2D eigenvalue weighted by Crippen LogP contribution is 2.42. The lowest BCUT2D eigenvalue weighted by Crippen LogP contribution is -2.27. The maximum atomic E-state index is 13.2. The average molecular weight is 2120 g/mol. The number of hydrogen-bond acceptors (Lipinski definition) is 20. The molecule has 0 atom stereocenters. The topological polar surface area (TPSA) is 268 Å². The number of nitrogens with zero attached hydrogens (tertiary/aromatic N) is 4. The van der Waals surface area contributed by atoms with Crippen LogP contribution in [-0.4, -0.2) is 189 Å². The average Bonchev–Trinajstić information content (AvgIpc) is 1.77. The van der Waals surface area contributed by atoms with Crippen molar-refractivity contribution in [2.45, 2.75) is 179 Å². The smallest absolute Gasteiger partial charge is 0.277 e. The number of Topliss-reactive ketones (excluding diaryl/α,β-unsaturated/α-hetero) is 3. The molecule has 0 unspecified atom stereocenters. The number of allylic oxidation sites excluding steroid dienone is 4. The molecule has 0 aliphatic carbocycles. The van der Waals surface area contributed by atoms with Gasteiger partial charge in [0, 0.05) is 156 Å². The van der Waals surface area contributed by atoms with E-state index in [2.05, 4.69) is 31.9 Å². The first kappa shape index (κ1) is 122. The molecule has 0 aromatic heterocycles. The summed E-state index contributed by atoms with van der Waals surface area (Å²) in [4.78, 5) is 130. The van der Waals surface area contributed by atoms with Gasteiger partial charge in [0.25, 0.3) is 23.6 Å². The summed E-state index contributed by atoms with van der Waals surface area (Å²) in [6, 6.07) is 28.3.